The fraction of sp³-hybridized carbons (Fsp3) is 0.667. The molecule has 0 saturated carbocycles. The van der Waals surface area contributed by atoms with E-state index >= 15 is 0 Å². The first-order chi connectivity index (χ1) is 4.57. The number of rotatable bonds is 4. The Labute approximate surface area is 63.1 Å². The fourth-order valence-corrected chi connectivity index (χ4v) is 0.843. The molecule has 0 bridgehead atoms. The number of aldehydes is 1. The summed E-state index contributed by atoms with van der Waals surface area (Å²) < 4.78 is 0. The molecule has 0 aliphatic rings. The van der Waals surface area contributed by atoms with Crippen LogP contribution in [0, 0.1) is 11.8 Å². The van der Waals surface area contributed by atoms with Crippen LogP contribution in [0.3, 0.4) is 0 Å². The lowest BCUT2D eigenvalue weighted by Crippen LogP contribution is -2.09. The molecular formula is C9H16O. The predicted octanol–water partition coefficient (Wildman–Crippen LogP) is 2.42. The number of hydrogen-bond acceptors (Lipinski definition) is 1. The molecular weight excluding hydrogens is 124 g/mol. The molecule has 1 nitrogen and oxygen atoms in total. The minimum Gasteiger partial charge on any atom is -0.303 e. The molecule has 0 saturated heterocycles. The number of allylic oxidation sites excluding steroid dienone is 1. The summed E-state index contributed by atoms with van der Waals surface area (Å²) in [6.45, 7) is 9.84. The Hall–Kier alpha value is -0.590. The molecule has 0 amide bonds. The van der Waals surface area contributed by atoms with E-state index in [0.717, 1.165) is 18.3 Å². The highest BCUT2D eigenvalue weighted by Gasteiger charge is 2.10. The molecule has 1 atom stereocenters. The number of carbonyl (C=O) groups is 1. The van der Waals surface area contributed by atoms with Gasteiger partial charge in [0.25, 0.3) is 0 Å². The summed E-state index contributed by atoms with van der Waals surface area (Å²) in [4.78, 5) is 10.4. The summed E-state index contributed by atoms with van der Waals surface area (Å²) in [6.07, 6.45) is 1.86. The lowest BCUT2D eigenvalue weighted by Gasteiger charge is -2.12. The molecule has 1 unspecified atom stereocenters. The summed E-state index contributed by atoms with van der Waals surface area (Å²) in [5, 5.41) is 0. The van der Waals surface area contributed by atoms with E-state index in [1.54, 1.807) is 0 Å². The van der Waals surface area contributed by atoms with E-state index in [-0.39, 0.29) is 5.92 Å². The highest BCUT2D eigenvalue weighted by molar-refractivity contribution is 5.54. The van der Waals surface area contributed by atoms with Crippen molar-refractivity contribution in [2.24, 2.45) is 11.8 Å². The largest absolute Gasteiger partial charge is 0.303 e. The zero-order valence-corrected chi connectivity index (χ0v) is 7.05. The van der Waals surface area contributed by atoms with Crippen molar-refractivity contribution in [1.29, 1.82) is 0 Å². The van der Waals surface area contributed by atoms with Gasteiger partial charge in [-0.15, -0.1) is 6.58 Å². The summed E-state index contributed by atoms with van der Waals surface area (Å²) in [6, 6.07) is 0. The molecule has 0 fully saturated rings. The maximum absolute atomic E-state index is 10.4. The fourth-order valence-electron chi connectivity index (χ4n) is 0.843. The van der Waals surface area contributed by atoms with Crippen molar-refractivity contribution in [3.8, 4) is 0 Å². The molecule has 0 spiro atoms. The molecule has 0 aromatic heterocycles. The average molecular weight is 140 g/mol. The van der Waals surface area contributed by atoms with E-state index in [2.05, 4.69) is 20.4 Å². The Morgan fingerprint density at radius 3 is 2.20 bits per heavy atom. The zero-order valence-electron chi connectivity index (χ0n) is 7.05. The second-order valence-corrected chi connectivity index (χ2v) is 3.21. The van der Waals surface area contributed by atoms with Gasteiger partial charge in [-0.05, 0) is 19.3 Å². The first-order valence-corrected chi connectivity index (χ1v) is 3.67. The third kappa shape index (κ3) is 3.44. The van der Waals surface area contributed by atoms with Crippen LogP contribution in [-0.4, -0.2) is 6.29 Å². The van der Waals surface area contributed by atoms with Crippen LogP contribution in [0.2, 0.25) is 0 Å². The number of carbonyl (C=O) groups excluding carboxylic acids is 1. The predicted molar refractivity (Wildman–Crippen MR) is 43.8 cm³/mol. The maximum atomic E-state index is 10.4. The van der Waals surface area contributed by atoms with E-state index in [1.807, 2.05) is 6.92 Å². The molecule has 58 valence electrons. The molecule has 0 heterocycles. The van der Waals surface area contributed by atoms with Gasteiger partial charge in [0, 0.05) is 5.92 Å². The highest BCUT2D eigenvalue weighted by Crippen LogP contribution is 2.16. The molecule has 0 rings (SSSR count). The third-order valence-corrected chi connectivity index (χ3v) is 1.62. The Kier molecular flexibility index (Phi) is 4.01. The summed E-state index contributed by atoms with van der Waals surface area (Å²) in [5.41, 5.74) is 1.09. The molecule has 0 aromatic rings. The second-order valence-electron chi connectivity index (χ2n) is 3.21. The van der Waals surface area contributed by atoms with Gasteiger partial charge in [-0.3, -0.25) is 0 Å². The van der Waals surface area contributed by atoms with Gasteiger partial charge in [0.15, 0.2) is 0 Å². The van der Waals surface area contributed by atoms with Crippen LogP contribution in [-0.2, 0) is 4.79 Å². The molecule has 0 N–H and O–H groups in total. The monoisotopic (exact) mass is 140 g/mol. The Balaban J connectivity index is 3.83. The maximum Gasteiger partial charge on any atom is 0.123 e. The van der Waals surface area contributed by atoms with Gasteiger partial charge in [-0.1, -0.05) is 19.4 Å². The smallest absolute Gasteiger partial charge is 0.123 e. The van der Waals surface area contributed by atoms with Crippen molar-refractivity contribution in [3.05, 3.63) is 12.2 Å². The van der Waals surface area contributed by atoms with E-state index in [0.29, 0.717) is 5.92 Å². The Bertz CT molecular complexity index is 125. The van der Waals surface area contributed by atoms with Crippen molar-refractivity contribution >= 4 is 6.29 Å². The van der Waals surface area contributed by atoms with Gasteiger partial charge < -0.3 is 4.79 Å². The topological polar surface area (TPSA) is 17.1 Å². The van der Waals surface area contributed by atoms with Crippen LogP contribution in [0.1, 0.15) is 27.2 Å². The van der Waals surface area contributed by atoms with Gasteiger partial charge in [0.1, 0.15) is 6.29 Å². The lowest BCUT2D eigenvalue weighted by molar-refractivity contribution is -0.112. The van der Waals surface area contributed by atoms with Gasteiger partial charge in [-0.2, -0.15) is 0 Å². The lowest BCUT2D eigenvalue weighted by atomic mass is 9.91. The highest BCUT2D eigenvalue weighted by atomic mass is 16.1. The van der Waals surface area contributed by atoms with Crippen LogP contribution in [0.5, 0.6) is 0 Å². The first kappa shape index (κ1) is 9.41. The second kappa shape index (κ2) is 4.26. The summed E-state index contributed by atoms with van der Waals surface area (Å²) in [5.74, 6) is 0.603. The van der Waals surface area contributed by atoms with Gasteiger partial charge >= 0.3 is 0 Å². The van der Waals surface area contributed by atoms with Crippen molar-refractivity contribution in [2.45, 2.75) is 27.2 Å². The summed E-state index contributed by atoms with van der Waals surface area (Å²) >= 11 is 0. The van der Waals surface area contributed by atoms with Crippen LogP contribution < -0.4 is 0 Å². The van der Waals surface area contributed by atoms with Crippen molar-refractivity contribution in [2.75, 3.05) is 0 Å². The van der Waals surface area contributed by atoms with Crippen LogP contribution in [0.15, 0.2) is 12.2 Å². The minimum atomic E-state index is 0.164. The van der Waals surface area contributed by atoms with E-state index < -0.39 is 0 Å². The molecule has 0 aromatic carbocycles. The van der Waals surface area contributed by atoms with Crippen molar-refractivity contribution < 1.29 is 4.79 Å². The van der Waals surface area contributed by atoms with Crippen LogP contribution in [0.25, 0.3) is 0 Å². The van der Waals surface area contributed by atoms with Gasteiger partial charge in [-0.25, -0.2) is 0 Å². The van der Waals surface area contributed by atoms with Crippen molar-refractivity contribution in [3.63, 3.8) is 0 Å². The Morgan fingerprint density at radius 2 is 2.10 bits per heavy atom. The van der Waals surface area contributed by atoms with Gasteiger partial charge in [0.2, 0.25) is 0 Å². The summed E-state index contributed by atoms with van der Waals surface area (Å²) in [7, 11) is 0. The Morgan fingerprint density at radius 1 is 1.60 bits per heavy atom. The SMILES string of the molecule is C=C(C)CC(C=O)C(C)C. The molecule has 0 aliphatic heterocycles. The van der Waals surface area contributed by atoms with Crippen LogP contribution >= 0.6 is 0 Å². The number of hydrogen-bond donors (Lipinski definition) is 0. The van der Waals surface area contributed by atoms with Crippen molar-refractivity contribution in [1.82, 2.24) is 0 Å². The molecule has 0 radical (unpaired) electrons. The molecule has 10 heavy (non-hydrogen) atoms. The van der Waals surface area contributed by atoms with E-state index in [1.165, 1.54) is 0 Å². The van der Waals surface area contributed by atoms with Gasteiger partial charge in [0.05, 0.1) is 0 Å². The zero-order chi connectivity index (χ0) is 8.15. The standard InChI is InChI=1S/C9H16O/c1-7(2)5-9(6-10)8(3)4/h6,8-9H,1,5H2,2-4H3. The van der Waals surface area contributed by atoms with E-state index in [9.17, 15) is 4.79 Å². The normalized spacial score (nSPS) is 13.2. The molecule has 0 aliphatic carbocycles. The quantitative estimate of drug-likeness (QED) is 0.433. The molecule has 1 heteroatoms. The van der Waals surface area contributed by atoms with E-state index in [4.69, 9.17) is 0 Å². The first-order valence-electron chi connectivity index (χ1n) is 3.67. The third-order valence-electron chi connectivity index (χ3n) is 1.62. The minimum absolute atomic E-state index is 0.164. The average Bonchev–Trinajstić information content (AvgIpc) is 1.81. The van der Waals surface area contributed by atoms with Crippen LogP contribution in [0.4, 0.5) is 0 Å².